The lowest BCUT2D eigenvalue weighted by Crippen LogP contribution is -2.18. The predicted octanol–water partition coefficient (Wildman–Crippen LogP) is 0.142. The summed E-state index contributed by atoms with van der Waals surface area (Å²) in [5.41, 5.74) is 6.27. The molecule has 0 aromatic carbocycles. The van der Waals surface area contributed by atoms with Gasteiger partial charge in [0.1, 0.15) is 0 Å². The van der Waals surface area contributed by atoms with E-state index < -0.39 is 11.9 Å². The summed E-state index contributed by atoms with van der Waals surface area (Å²) in [7, 11) is 3.04. The normalized spacial score (nSPS) is 11.1. The zero-order valence-electron chi connectivity index (χ0n) is 10.3. The van der Waals surface area contributed by atoms with E-state index in [-0.39, 0.29) is 18.7 Å². The summed E-state index contributed by atoms with van der Waals surface area (Å²) in [4.78, 5) is 26.6. The van der Waals surface area contributed by atoms with Crippen LogP contribution in [0.15, 0.2) is 23.5 Å². The minimum atomic E-state index is -0.641. The molecule has 0 fully saturated rings. The molecule has 98 valence electrons. The number of methoxy groups -OCH3 is 1. The third-order valence-electron chi connectivity index (χ3n) is 2.21. The second-order valence-corrected chi connectivity index (χ2v) is 3.52. The van der Waals surface area contributed by atoms with Gasteiger partial charge < -0.3 is 19.9 Å². The molecule has 0 saturated heterocycles. The quantitative estimate of drug-likeness (QED) is 0.265. The first-order valence-corrected chi connectivity index (χ1v) is 5.26. The first-order chi connectivity index (χ1) is 8.54. The Hall–Kier alpha value is -2.31. The molecule has 0 saturated carbocycles. The zero-order chi connectivity index (χ0) is 13.5. The highest BCUT2D eigenvalue weighted by Gasteiger charge is 2.09. The van der Waals surface area contributed by atoms with Gasteiger partial charge in [-0.15, -0.1) is 0 Å². The molecule has 0 aliphatic carbocycles. The van der Waals surface area contributed by atoms with Gasteiger partial charge in [0.25, 0.3) is 0 Å². The maximum Gasteiger partial charge on any atom is 0.335 e. The molecule has 1 aromatic rings. The number of carbonyl (C=O) groups is 2. The van der Waals surface area contributed by atoms with Gasteiger partial charge in [-0.1, -0.05) is 5.16 Å². The van der Waals surface area contributed by atoms with Crippen LogP contribution in [0.5, 0.6) is 0 Å². The molecule has 0 aliphatic rings. The van der Waals surface area contributed by atoms with Crippen molar-refractivity contribution in [1.29, 1.82) is 0 Å². The van der Waals surface area contributed by atoms with Gasteiger partial charge in [0.15, 0.2) is 5.84 Å². The van der Waals surface area contributed by atoms with Crippen molar-refractivity contribution in [2.45, 2.75) is 12.8 Å². The van der Waals surface area contributed by atoms with Crippen LogP contribution in [0.4, 0.5) is 0 Å². The van der Waals surface area contributed by atoms with Crippen molar-refractivity contribution in [3.8, 4) is 0 Å². The number of nitrogens with zero attached hydrogens (tertiary/aromatic N) is 2. The highest BCUT2D eigenvalue weighted by Crippen LogP contribution is 2.00. The smallest absolute Gasteiger partial charge is 0.335 e. The minimum Gasteiger partial charge on any atom is -0.469 e. The van der Waals surface area contributed by atoms with Crippen molar-refractivity contribution in [1.82, 2.24) is 4.57 Å². The number of hydrogen-bond acceptors (Lipinski definition) is 5. The Kier molecular flexibility index (Phi) is 4.91. The summed E-state index contributed by atoms with van der Waals surface area (Å²) in [6.07, 6.45) is 1.64. The van der Waals surface area contributed by atoms with Crippen molar-refractivity contribution >= 4 is 17.8 Å². The molecule has 0 atom stereocenters. The molecule has 1 heterocycles. The molecule has 0 radical (unpaired) electrons. The average Bonchev–Trinajstić information content (AvgIpc) is 2.79. The van der Waals surface area contributed by atoms with Gasteiger partial charge in [0, 0.05) is 13.2 Å². The number of aromatic nitrogens is 1. The van der Waals surface area contributed by atoms with Gasteiger partial charge in [-0.25, -0.2) is 4.79 Å². The number of oxime groups is 1. The molecule has 1 rings (SSSR count). The SMILES string of the molecule is COC(=O)CCC(=O)O/N=C(/N)c1cccn1C. The second-order valence-electron chi connectivity index (χ2n) is 3.52. The van der Waals surface area contributed by atoms with E-state index in [2.05, 4.69) is 14.7 Å². The van der Waals surface area contributed by atoms with Crippen LogP contribution in [0, 0.1) is 0 Å². The van der Waals surface area contributed by atoms with E-state index in [4.69, 9.17) is 5.73 Å². The molecule has 7 heteroatoms. The van der Waals surface area contributed by atoms with E-state index in [0.29, 0.717) is 5.69 Å². The van der Waals surface area contributed by atoms with Crippen LogP contribution in [0.25, 0.3) is 0 Å². The lowest BCUT2D eigenvalue weighted by molar-refractivity contribution is -0.148. The summed E-state index contributed by atoms with van der Waals surface area (Å²) in [5.74, 6) is -1.03. The number of esters is 1. The number of amidine groups is 1. The molecule has 0 amide bonds. The van der Waals surface area contributed by atoms with Crippen LogP contribution in [-0.2, 0) is 26.2 Å². The highest BCUT2D eigenvalue weighted by atomic mass is 16.7. The number of rotatable bonds is 5. The van der Waals surface area contributed by atoms with E-state index >= 15 is 0 Å². The van der Waals surface area contributed by atoms with Crippen LogP contribution in [0.2, 0.25) is 0 Å². The van der Waals surface area contributed by atoms with E-state index in [1.54, 1.807) is 29.9 Å². The molecule has 0 bridgehead atoms. The van der Waals surface area contributed by atoms with Gasteiger partial charge in [-0.3, -0.25) is 4.79 Å². The first kappa shape index (κ1) is 13.8. The lowest BCUT2D eigenvalue weighted by Gasteiger charge is -2.02. The molecule has 0 unspecified atom stereocenters. The number of aryl methyl sites for hydroxylation is 1. The number of nitrogens with two attached hydrogens (primary N) is 1. The summed E-state index contributed by atoms with van der Waals surface area (Å²) < 4.78 is 6.13. The molecular weight excluding hydrogens is 238 g/mol. The van der Waals surface area contributed by atoms with Crippen LogP contribution < -0.4 is 5.73 Å². The van der Waals surface area contributed by atoms with Crippen LogP contribution >= 0.6 is 0 Å². The van der Waals surface area contributed by atoms with Gasteiger partial charge in [0.05, 0.1) is 25.6 Å². The van der Waals surface area contributed by atoms with Gasteiger partial charge >= 0.3 is 11.9 Å². The Morgan fingerprint density at radius 2 is 2.06 bits per heavy atom. The highest BCUT2D eigenvalue weighted by molar-refractivity contribution is 5.96. The Bertz CT molecular complexity index is 465. The summed E-state index contributed by atoms with van der Waals surface area (Å²) in [5, 5.41) is 3.50. The Balaban J connectivity index is 2.46. The molecule has 0 aliphatic heterocycles. The van der Waals surface area contributed by atoms with E-state index in [1.165, 1.54) is 7.11 Å². The third kappa shape index (κ3) is 3.93. The molecule has 1 aromatic heterocycles. The lowest BCUT2D eigenvalue weighted by atomic mass is 10.3. The Morgan fingerprint density at radius 1 is 1.39 bits per heavy atom. The molecule has 18 heavy (non-hydrogen) atoms. The van der Waals surface area contributed by atoms with Crippen molar-refractivity contribution in [3.05, 3.63) is 24.0 Å². The summed E-state index contributed by atoms with van der Waals surface area (Å²) >= 11 is 0. The fraction of sp³-hybridized carbons (Fsp3) is 0.364. The Labute approximate surface area is 104 Å². The summed E-state index contributed by atoms with van der Waals surface area (Å²) in [6.45, 7) is 0. The van der Waals surface area contributed by atoms with E-state index in [0.717, 1.165) is 0 Å². The first-order valence-electron chi connectivity index (χ1n) is 5.26. The van der Waals surface area contributed by atoms with E-state index in [1.807, 2.05) is 0 Å². The monoisotopic (exact) mass is 253 g/mol. The number of ether oxygens (including phenoxy) is 1. The van der Waals surface area contributed by atoms with Gasteiger partial charge in [-0.05, 0) is 12.1 Å². The summed E-state index contributed by atoms with van der Waals surface area (Å²) in [6, 6.07) is 3.53. The van der Waals surface area contributed by atoms with Crippen molar-refractivity contribution in [3.63, 3.8) is 0 Å². The zero-order valence-corrected chi connectivity index (χ0v) is 10.3. The van der Waals surface area contributed by atoms with Crippen LogP contribution in [-0.4, -0.2) is 29.5 Å². The van der Waals surface area contributed by atoms with Crippen LogP contribution in [0.3, 0.4) is 0 Å². The fourth-order valence-electron chi connectivity index (χ4n) is 1.23. The van der Waals surface area contributed by atoms with Crippen LogP contribution in [0.1, 0.15) is 18.5 Å². The number of hydrogen-bond donors (Lipinski definition) is 1. The largest absolute Gasteiger partial charge is 0.469 e. The standard InChI is InChI=1S/C11H15N3O4/c1-14-7-3-4-8(14)11(12)13-18-10(16)6-5-9(15)17-2/h3-4,7H,5-6H2,1-2H3,(H2,12,13). The third-order valence-corrected chi connectivity index (χ3v) is 2.21. The maximum atomic E-state index is 11.2. The molecule has 2 N–H and O–H groups in total. The molecule has 0 spiro atoms. The molecule has 7 nitrogen and oxygen atoms in total. The van der Waals surface area contributed by atoms with Gasteiger partial charge in [-0.2, -0.15) is 0 Å². The fourth-order valence-corrected chi connectivity index (χ4v) is 1.23. The predicted molar refractivity (Wildman–Crippen MR) is 63.5 cm³/mol. The van der Waals surface area contributed by atoms with Gasteiger partial charge in [0.2, 0.25) is 0 Å². The minimum absolute atomic E-state index is 0.0467. The molecular formula is C11H15N3O4. The van der Waals surface area contributed by atoms with Crippen molar-refractivity contribution in [2.75, 3.05) is 7.11 Å². The topological polar surface area (TPSA) is 95.9 Å². The Morgan fingerprint density at radius 3 is 2.61 bits per heavy atom. The second kappa shape index (κ2) is 6.43. The van der Waals surface area contributed by atoms with Crippen molar-refractivity contribution in [2.24, 2.45) is 17.9 Å². The maximum absolute atomic E-state index is 11.2. The number of carbonyl (C=O) groups excluding carboxylic acids is 2. The average molecular weight is 253 g/mol. The van der Waals surface area contributed by atoms with E-state index in [9.17, 15) is 9.59 Å². The van der Waals surface area contributed by atoms with Crippen molar-refractivity contribution < 1.29 is 19.2 Å².